The highest BCUT2D eigenvalue weighted by Crippen LogP contribution is 2.27. The molecule has 0 spiro atoms. The minimum atomic E-state index is -0.999. The standard InChI is InChI=1S/C19H22N2O2S/c1-5-19(22)21-14(3)20-18-10-9-16(11-13(18)2)15-7-6-8-17(12-15)24(4)23/h6-12H,5H2,1-4H3,(H,20,21,22). The summed E-state index contributed by atoms with van der Waals surface area (Å²) in [4.78, 5) is 16.7. The molecule has 1 unspecified atom stereocenters. The third kappa shape index (κ3) is 4.61. The molecule has 1 atom stereocenters. The summed E-state index contributed by atoms with van der Waals surface area (Å²) in [6, 6.07) is 13.7. The number of carbonyl (C=O) groups is 1. The molecule has 2 aromatic rings. The molecule has 0 saturated carbocycles. The first kappa shape index (κ1) is 18.1. The fourth-order valence-electron chi connectivity index (χ4n) is 2.31. The molecule has 5 heteroatoms. The Balaban J connectivity index is 2.30. The van der Waals surface area contributed by atoms with E-state index >= 15 is 0 Å². The molecule has 1 N–H and O–H groups in total. The van der Waals surface area contributed by atoms with E-state index in [2.05, 4.69) is 10.3 Å². The number of aliphatic imine (C=N–C) groups is 1. The highest BCUT2D eigenvalue weighted by molar-refractivity contribution is 7.84. The van der Waals surface area contributed by atoms with Crippen molar-refractivity contribution in [3.8, 4) is 11.1 Å². The first-order valence-corrected chi connectivity index (χ1v) is 9.36. The van der Waals surface area contributed by atoms with Gasteiger partial charge in [0.05, 0.1) is 5.69 Å². The van der Waals surface area contributed by atoms with E-state index in [1.165, 1.54) is 0 Å². The van der Waals surface area contributed by atoms with Crippen molar-refractivity contribution < 1.29 is 9.00 Å². The number of nitrogens with one attached hydrogen (secondary N) is 1. The van der Waals surface area contributed by atoms with Crippen molar-refractivity contribution in [2.45, 2.75) is 32.1 Å². The number of amides is 1. The first-order valence-electron chi connectivity index (χ1n) is 7.80. The number of hydrogen-bond donors (Lipinski definition) is 1. The quantitative estimate of drug-likeness (QED) is 0.675. The molecular formula is C19H22N2O2S. The monoisotopic (exact) mass is 342 g/mol. The van der Waals surface area contributed by atoms with Crippen LogP contribution in [0.1, 0.15) is 25.8 Å². The zero-order chi connectivity index (χ0) is 17.7. The maximum atomic E-state index is 11.6. The molecule has 0 aliphatic rings. The Morgan fingerprint density at radius 1 is 1.17 bits per heavy atom. The fourth-order valence-corrected chi connectivity index (χ4v) is 2.88. The molecule has 0 fully saturated rings. The lowest BCUT2D eigenvalue weighted by Crippen LogP contribution is -2.27. The summed E-state index contributed by atoms with van der Waals surface area (Å²) >= 11 is 0. The van der Waals surface area contributed by atoms with Crippen LogP contribution in [0.5, 0.6) is 0 Å². The summed E-state index contributed by atoms with van der Waals surface area (Å²) in [7, 11) is -0.999. The summed E-state index contributed by atoms with van der Waals surface area (Å²) in [5.41, 5.74) is 3.91. The number of amidine groups is 1. The highest BCUT2D eigenvalue weighted by Gasteiger charge is 2.05. The lowest BCUT2D eigenvalue weighted by Gasteiger charge is -2.08. The normalized spacial score (nSPS) is 12.8. The van der Waals surface area contributed by atoms with Gasteiger partial charge in [0, 0.05) is 28.4 Å². The van der Waals surface area contributed by atoms with Crippen LogP contribution >= 0.6 is 0 Å². The van der Waals surface area contributed by atoms with E-state index in [9.17, 15) is 9.00 Å². The average Bonchev–Trinajstić information content (AvgIpc) is 2.56. The van der Waals surface area contributed by atoms with Crippen molar-refractivity contribution in [2.75, 3.05) is 6.26 Å². The fraction of sp³-hybridized carbons (Fsp3) is 0.263. The predicted octanol–water partition coefficient (Wildman–Crippen LogP) is 3.98. The Morgan fingerprint density at radius 3 is 2.50 bits per heavy atom. The number of aryl methyl sites for hydroxylation is 1. The van der Waals surface area contributed by atoms with E-state index in [1.807, 2.05) is 49.4 Å². The summed E-state index contributed by atoms with van der Waals surface area (Å²) in [5.74, 6) is 0.538. The second-order valence-corrected chi connectivity index (χ2v) is 6.96. The molecule has 126 valence electrons. The number of hydrogen-bond acceptors (Lipinski definition) is 3. The van der Waals surface area contributed by atoms with E-state index in [4.69, 9.17) is 0 Å². The smallest absolute Gasteiger partial charge is 0.224 e. The van der Waals surface area contributed by atoms with E-state index < -0.39 is 10.8 Å². The molecule has 2 aromatic carbocycles. The Bertz CT molecular complexity index is 813. The summed E-state index contributed by atoms with van der Waals surface area (Å²) in [5, 5.41) is 2.75. The average molecular weight is 342 g/mol. The van der Waals surface area contributed by atoms with E-state index in [0.29, 0.717) is 12.3 Å². The molecule has 0 aliphatic carbocycles. The molecule has 0 saturated heterocycles. The van der Waals surface area contributed by atoms with Gasteiger partial charge in [-0.3, -0.25) is 9.00 Å². The number of rotatable bonds is 4. The van der Waals surface area contributed by atoms with Gasteiger partial charge in [-0.15, -0.1) is 0 Å². The van der Waals surface area contributed by atoms with Crippen molar-refractivity contribution in [1.29, 1.82) is 0 Å². The van der Waals surface area contributed by atoms with Gasteiger partial charge in [-0.2, -0.15) is 0 Å². The highest BCUT2D eigenvalue weighted by atomic mass is 32.2. The van der Waals surface area contributed by atoms with Gasteiger partial charge in [0.25, 0.3) is 0 Å². The third-order valence-electron chi connectivity index (χ3n) is 3.63. The Kier molecular flexibility index (Phi) is 6.04. The van der Waals surface area contributed by atoms with Crippen LogP contribution < -0.4 is 5.32 Å². The predicted molar refractivity (Wildman–Crippen MR) is 100 cm³/mol. The lowest BCUT2D eigenvalue weighted by atomic mass is 10.0. The zero-order valence-electron chi connectivity index (χ0n) is 14.4. The van der Waals surface area contributed by atoms with Gasteiger partial charge in [0.15, 0.2) is 0 Å². The Hall–Kier alpha value is -2.27. The van der Waals surface area contributed by atoms with Gasteiger partial charge in [-0.05, 0) is 54.8 Å². The van der Waals surface area contributed by atoms with Crippen LogP contribution in [0.2, 0.25) is 0 Å². The van der Waals surface area contributed by atoms with Crippen molar-refractivity contribution in [3.05, 3.63) is 48.0 Å². The van der Waals surface area contributed by atoms with Crippen molar-refractivity contribution in [3.63, 3.8) is 0 Å². The number of benzene rings is 2. The molecule has 1 amide bonds. The van der Waals surface area contributed by atoms with Crippen LogP contribution in [0.15, 0.2) is 52.4 Å². The van der Waals surface area contributed by atoms with Crippen LogP contribution in [0.4, 0.5) is 5.69 Å². The van der Waals surface area contributed by atoms with Crippen LogP contribution in [-0.2, 0) is 15.6 Å². The minimum absolute atomic E-state index is 0.0464. The molecule has 0 heterocycles. The van der Waals surface area contributed by atoms with Gasteiger partial charge in [0.1, 0.15) is 5.84 Å². The van der Waals surface area contributed by atoms with E-state index in [-0.39, 0.29) is 5.91 Å². The second-order valence-electron chi connectivity index (χ2n) is 5.58. The number of carbonyl (C=O) groups excluding carboxylic acids is 1. The van der Waals surface area contributed by atoms with Crippen molar-refractivity contribution in [1.82, 2.24) is 5.32 Å². The lowest BCUT2D eigenvalue weighted by molar-refractivity contribution is -0.119. The van der Waals surface area contributed by atoms with Crippen LogP contribution in [0.3, 0.4) is 0 Å². The maximum Gasteiger partial charge on any atom is 0.224 e. The van der Waals surface area contributed by atoms with Gasteiger partial charge >= 0.3 is 0 Å². The van der Waals surface area contributed by atoms with Gasteiger partial charge in [-0.25, -0.2) is 4.99 Å². The van der Waals surface area contributed by atoms with Crippen LogP contribution in [-0.4, -0.2) is 22.2 Å². The molecule has 0 aliphatic heterocycles. The largest absolute Gasteiger partial charge is 0.314 e. The maximum absolute atomic E-state index is 11.6. The molecule has 24 heavy (non-hydrogen) atoms. The van der Waals surface area contributed by atoms with E-state index in [0.717, 1.165) is 27.3 Å². The summed E-state index contributed by atoms with van der Waals surface area (Å²) in [6.45, 7) is 5.57. The molecule has 0 aromatic heterocycles. The van der Waals surface area contributed by atoms with Crippen LogP contribution in [0.25, 0.3) is 11.1 Å². The van der Waals surface area contributed by atoms with Crippen molar-refractivity contribution >= 4 is 28.2 Å². The van der Waals surface area contributed by atoms with Crippen LogP contribution in [0, 0.1) is 6.92 Å². The molecule has 0 bridgehead atoms. The molecule has 2 rings (SSSR count). The summed E-state index contributed by atoms with van der Waals surface area (Å²) in [6.07, 6.45) is 2.11. The van der Waals surface area contributed by atoms with Gasteiger partial charge in [0.2, 0.25) is 5.91 Å². The zero-order valence-corrected chi connectivity index (χ0v) is 15.2. The minimum Gasteiger partial charge on any atom is -0.314 e. The van der Waals surface area contributed by atoms with Crippen molar-refractivity contribution in [2.24, 2.45) is 4.99 Å². The number of nitrogens with zero attached hydrogens (tertiary/aromatic N) is 1. The SMILES string of the molecule is CCC(=O)NC(C)=Nc1ccc(-c2cccc(S(C)=O)c2)cc1C. The topological polar surface area (TPSA) is 58.5 Å². The van der Waals surface area contributed by atoms with Gasteiger partial charge in [-0.1, -0.05) is 25.1 Å². The molecule has 0 radical (unpaired) electrons. The molecule has 4 nitrogen and oxygen atoms in total. The summed E-state index contributed by atoms with van der Waals surface area (Å²) < 4.78 is 11.6. The first-order chi connectivity index (χ1) is 11.4. The Labute approximate surface area is 145 Å². The second kappa shape index (κ2) is 8.02. The van der Waals surface area contributed by atoms with Gasteiger partial charge < -0.3 is 5.32 Å². The molecular weight excluding hydrogens is 320 g/mol. The third-order valence-corrected chi connectivity index (χ3v) is 4.54. The van der Waals surface area contributed by atoms with E-state index in [1.54, 1.807) is 20.1 Å². The Morgan fingerprint density at radius 2 is 1.88 bits per heavy atom.